The summed E-state index contributed by atoms with van der Waals surface area (Å²) in [4.78, 5) is 35.5. The Hall–Kier alpha value is -2.51. The molecule has 1 unspecified atom stereocenters. The number of likely N-dealkylation sites (tertiary alicyclic amines) is 1. The van der Waals surface area contributed by atoms with Gasteiger partial charge in [0.05, 0.1) is 0 Å². The van der Waals surface area contributed by atoms with Gasteiger partial charge in [-0.15, -0.1) is 0 Å². The summed E-state index contributed by atoms with van der Waals surface area (Å²) in [6, 6.07) is 1.28. The standard InChI is InChI=1S/C13H12F2N2O4/c14-7-4-8(15)6-9(5-7)16-11(18)12(19)17-3-1-2-10(17)13(20)21/h4-6,10H,1-3H2,(H,16,18)(H,20,21). The first kappa shape index (κ1) is 14.9. The molecule has 1 heterocycles. The van der Waals surface area contributed by atoms with Crippen molar-refractivity contribution in [2.45, 2.75) is 18.9 Å². The summed E-state index contributed by atoms with van der Waals surface area (Å²) in [7, 11) is 0. The lowest BCUT2D eigenvalue weighted by atomic mass is 10.2. The van der Waals surface area contributed by atoms with Crippen molar-refractivity contribution in [2.24, 2.45) is 0 Å². The van der Waals surface area contributed by atoms with Crippen LogP contribution in [0.15, 0.2) is 18.2 Å². The van der Waals surface area contributed by atoms with Crippen LogP contribution in [0.5, 0.6) is 0 Å². The first-order valence-corrected chi connectivity index (χ1v) is 6.19. The first-order chi connectivity index (χ1) is 9.88. The van der Waals surface area contributed by atoms with Crippen molar-refractivity contribution in [1.29, 1.82) is 0 Å². The van der Waals surface area contributed by atoms with E-state index in [1.807, 2.05) is 0 Å². The number of hydrogen-bond acceptors (Lipinski definition) is 3. The second-order valence-electron chi connectivity index (χ2n) is 4.61. The maximum Gasteiger partial charge on any atom is 0.326 e. The number of benzene rings is 1. The van der Waals surface area contributed by atoms with Crippen molar-refractivity contribution in [3.8, 4) is 0 Å². The minimum atomic E-state index is -1.19. The zero-order chi connectivity index (χ0) is 15.6. The van der Waals surface area contributed by atoms with Gasteiger partial charge >= 0.3 is 17.8 Å². The number of hydrogen-bond donors (Lipinski definition) is 2. The van der Waals surface area contributed by atoms with E-state index in [1.165, 1.54) is 0 Å². The Morgan fingerprint density at radius 1 is 1.19 bits per heavy atom. The second kappa shape index (κ2) is 5.86. The molecule has 0 saturated carbocycles. The van der Waals surface area contributed by atoms with Gasteiger partial charge in [0, 0.05) is 18.3 Å². The number of rotatable bonds is 2. The van der Waals surface area contributed by atoms with Crippen LogP contribution in [0, 0.1) is 11.6 Å². The fourth-order valence-electron chi connectivity index (χ4n) is 2.21. The van der Waals surface area contributed by atoms with Crippen LogP contribution in [-0.2, 0) is 14.4 Å². The Kier molecular flexibility index (Phi) is 4.15. The highest BCUT2D eigenvalue weighted by Crippen LogP contribution is 2.18. The quantitative estimate of drug-likeness (QED) is 0.797. The minimum absolute atomic E-state index is 0.154. The molecule has 1 aromatic carbocycles. The van der Waals surface area contributed by atoms with Crippen LogP contribution in [0.4, 0.5) is 14.5 Å². The molecule has 0 spiro atoms. The molecule has 8 heteroatoms. The predicted molar refractivity (Wildman–Crippen MR) is 67.4 cm³/mol. The lowest BCUT2D eigenvalue weighted by Gasteiger charge is -2.20. The summed E-state index contributed by atoms with van der Waals surface area (Å²) in [6.45, 7) is 0.154. The molecule has 1 aliphatic rings. The molecular formula is C13H12F2N2O4. The Morgan fingerprint density at radius 3 is 2.38 bits per heavy atom. The number of halogens is 2. The molecule has 0 aliphatic carbocycles. The van der Waals surface area contributed by atoms with E-state index >= 15 is 0 Å². The van der Waals surface area contributed by atoms with Gasteiger partial charge in [-0.2, -0.15) is 0 Å². The molecule has 0 radical (unpaired) electrons. The highest BCUT2D eigenvalue weighted by molar-refractivity contribution is 6.39. The first-order valence-electron chi connectivity index (χ1n) is 6.19. The van der Waals surface area contributed by atoms with Crippen molar-refractivity contribution in [2.75, 3.05) is 11.9 Å². The van der Waals surface area contributed by atoms with Gasteiger partial charge in [0.15, 0.2) is 0 Å². The topological polar surface area (TPSA) is 86.7 Å². The van der Waals surface area contributed by atoms with Crippen LogP contribution >= 0.6 is 0 Å². The summed E-state index contributed by atoms with van der Waals surface area (Å²) in [5, 5.41) is 11.0. The molecule has 21 heavy (non-hydrogen) atoms. The van der Waals surface area contributed by atoms with E-state index in [4.69, 9.17) is 5.11 Å². The molecule has 2 rings (SSSR count). The van der Waals surface area contributed by atoms with E-state index in [9.17, 15) is 23.2 Å². The fourth-order valence-corrected chi connectivity index (χ4v) is 2.21. The number of amides is 2. The number of carbonyl (C=O) groups is 3. The third-order valence-electron chi connectivity index (χ3n) is 3.11. The summed E-state index contributed by atoms with van der Waals surface area (Å²) in [5.74, 6) is -5.16. The number of carboxylic acid groups (broad SMARTS) is 1. The fraction of sp³-hybridized carbons (Fsp3) is 0.308. The average Bonchev–Trinajstić information content (AvgIpc) is 2.85. The minimum Gasteiger partial charge on any atom is -0.480 e. The monoisotopic (exact) mass is 298 g/mol. The molecule has 6 nitrogen and oxygen atoms in total. The van der Waals surface area contributed by atoms with Crippen LogP contribution in [0.25, 0.3) is 0 Å². The van der Waals surface area contributed by atoms with Gasteiger partial charge in [0.2, 0.25) is 0 Å². The van der Waals surface area contributed by atoms with E-state index < -0.39 is 35.5 Å². The number of nitrogens with one attached hydrogen (secondary N) is 1. The van der Waals surface area contributed by atoms with E-state index in [0.29, 0.717) is 12.5 Å². The van der Waals surface area contributed by atoms with Crippen LogP contribution in [0.1, 0.15) is 12.8 Å². The van der Waals surface area contributed by atoms with Gasteiger partial charge in [0.1, 0.15) is 17.7 Å². The second-order valence-corrected chi connectivity index (χ2v) is 4.61. The van der Waals surface area contributed by atoms with Gasteiger partial charge in [-0.25, -0.2) is 13.6 Å². The van der Waals surface area contributed by atoms with Gasteiger partial charge < -0.3 is 15.3 Å². The third-order valence-corrected chi connectivity index (χ3v) is 3.11. The van der Waals surface area contributed by atoms with Crippen molar-refractivity contribution < 1.29 is 28.3 Å². The van der Waals surface area contributed by atoms with Gasteiger partial charge in [-0.05, 0) is 25.0 Å². The molecule has 0 bridgehead atoms. The van der Waals surface area contributed by atoms with E-state index in [1.54, 1.807) is 0 Å². The van der Waals surface area contributed by atoms with Gasteiger partial charge in [-0.1, -0.05) is 0 Å². The highest BCUT2D eigenvalue weighted by atomic mass is 19.1. The number of carbonyl (C=O) groups excluding carboxylic acids is 2. The molecule has 2 amide bonds. The largest absolute Gasteiger partial charge is 0.480 e. The lowest BCUT2D eigenvalue weighted by Crippen LogP contribution is -2.45. The summed E-state index contributed by atoms with van der Waals surface area (Å²) in [5.41, 5.74) is -0.211. The zero-order valence-electron chi connectivity index (χ0n) is 10.8. The Labute approximate surface area is 118 Å². The Bertz CT molecular complexity index is 586. The van der Waals surface area contributed by atoms with Crippen LogP contribution in [0.3, 0.4) is 0 Å². The van der Waals surface area contributed by atoms with Gasteiger partial charge in [0.25, 0.3) is 0 Å². The van der Waals surface area contributed by atoms with E-state index in [-0.39, 0.29) is 18.7 Å². The number of anilines is 1. The molecule has 1 atom stereocenters. The Morgan fingerprint density at radius 2 is 1.81 bits per heavy atom. The summed E-state index contributed by atoms with van der Waals surface area (Å²) >= 11 is 0. The molecule has 1 aromatic rings. The summed E-state index contributed by atoms with van der Waals surface area (Å²) < 4.78 is 26.0. The number of nitrogens with zero attached hydrogens (tertiary/aromatic N) is 1. The Balaban J connectivity index is 2.09. The van der Waals surface area contributed by atoms with Gasteiger partial charge in [-0.3, -0.25) is 9.59 Å². The average molecular weight is 298 g/mol. The molecule has 1 aliphatic heterocycles. The van der Waals surface area contributed by atoms with E-state index in [2.05, 4.69) is 5.32 Å². The molecule has 1 saturated heterocycles. The summed E-state index contributed by atoms with van der Waals surface area (Å²) in [6.07, 6.45) is 0.744. The molecule has 0 aromatic heterocycles. The van der Waals surface area contributed by atoms with Crippen molar-refractivity contribution in [3.63, 3.8) is 0 Å². The SMILES string of the molecule is O=C(Nc1cc(F)cc(F)c1)C(=O)N1CCCC1C(=O)O. The molecular weight excluding hydrogens is 286 g/mol. The lowest BCUT2D eigenvalue weighted by molar-refractivity contribution is -0.151. The van der Waals surface area contributed by atoms with Crippen molar-refractivity contribution >= 4 is 23.5 Å². The zero-order valence-corrected chi connectivity index (χ0v) is 10.8. The van der Waals surface area contributed by atoms with Crippen LogP contribution in [-0.4, -0.2) is 40.4 Å². The van der Waals surface area contributed by atoms with Crippen LogP contribution in [0.2, 0.25) is 0 Å². The van der Waals surface area contributed by atoms with Crippen LogP contribution < -0.4 is 5.32 Å². The normalized spacial score (nSPS) is 17.6. The third kappa shape index (κ3) is 3.33. The molecule has 2 N–H and O–H groups in total. The maximum absolute atomic E-state index is 13.0. The van der Waals surface area contributed by atoms with Crippen molar-refractivity contribution in [3.05, 3.63) is 29.8 Å². The molecule has 112 valence electrons. The highest BCUT2D eigenvalue weighted by Gasteiger charge is 2.36. The van der Waals surface area contributed by atoms with E-state index in [0.717, 1.165) is 17.0 Å². The van der Waals surface area contributed by atoms with Crippen molar-refractivity contribution in [1.82, 2.24) is 4.90 Å². The smallest absolute Gasteiger partial charge is 0.326 e. The molecule has 1 fully saturated rings. The number of aliphatic carboxylic acids is 1. The predicted octanol–water partition coefficient (Wildman–Crippen LogP) is 0.979. The maximum atomic E-state index is 13.0. The number of carboxylic acids is 1.